The van der Waals surface area contributed by atoms with Crippen LogP contribution in [0.3, 0.4) is 0 Å². The number of benzene rings is 1. The van der Waals surface area contributed by atoms with Crippen LogP contribution in [0.2, 0.25) is 0 Å². The van der Waals surface area contributed by atoms with Crippen LogP contribution >= 0.6 is 0 Å². The Hall–Kier alpha value is -1.88. The van der Waals surface area contributed by atoms with Gasteiger partial charge in [-0.2, -0.15) is 5.10 Å². The van der Waals surface area contributed by atoms with E-state index in [0.717, 1.165) is 29.0 Å². The van der Waals surface area contributed by atoms with Crippen LogP contribution in [-0.2, 0) is 4.74 Å². The van der Waals surface area contributed by atoms with Gasteiger partial charge >= 0.3 is 0 Å². The molecule has 5 nitrogen and oxygen atoms in total. The van der Waals surface area contributed by atoms with Crippen molar-refractivity contribution in [3.8, 4) is 0 Å². The Balaban J connectivity index is 1.55. The van der Waals surface area contributed by atoms with E-state index in [-0.39, 0.29) is 5.91 Å². The van der Waals surface area contributed by atoms with E-state index in [2.05, 4.69) is 15.5 Å². The Kier molecular flexibility index (Phi) is 3.69. The van der Waals surface area contributed by atoms with Crippen molar-refractivity contribution in [2.75, 3.05) is 19.8 Å². The zero-order valence-corrected chi connectivity index (χ0v) is 11.6. The van der Waals surface area contributed by atoms with Crippen molar-refractivity contribution in [3.05, 3.63) is 29.5 Å². The third-order valence-electron chi connectivity index (χ3n) is 3.61. The lowest BCUT2D eigenvalue weighted by Gasteiger charge is -2.08. The number of carbonyl (C=O) groups is 1. The Morgan fingerprint density at radius 2 is 2.35 bits per heavy atom. The predicted octanol–water partition coefficient (Wildman–Crippen LogP) is 2.03. The number of hydrogen-bond donors (Lipinski definition) is 2. The van der Waals surface area contributed by atoms with Gasteiger partial charge in [-0.25, -0.2) is 0 Å². The monoisotopic (exact) mass is 273 g/mol. The molecular weight excluding hydrogens is 254 g/mol. The quantitative estimate of drug-likeness (QED) is 0.791. The molecule has 20 heavy (non-hydrogen) atoms. The molecule has 0 aliphatic heterocycles. The minimum atomic E-state index is -0.0550. The number of ether oxygens (including phenoxy) is 1. The number of fused-ring (bicyclic) bond motifs is 1. The van der Waals surface area contributed by atoms with Gasteiger partial charge in [-0.05, 0) is 43.4 Å². The molecule has 0 radical (unpaired) electrons. The number of aromatic amines is 1. The molecule has 0 spiro atoms. The minimum absolute atomic E-state index is 0.0550. The van der Waals surface area contributed by atoms with E-state index in [4.69, 9.17) is 4.74 Å². The summed E-state index contributed by atoms with van der Waals surface area (Å²) in [7, 11) is 0. The van der Waals surface area contributed by atoms with Gasteiger partial charge in [0.25, 0.3) is 5.91 Å². The second-order valence-electron chi connectivity index (χ2n) is 5.40. The second kappa shape index (κ2) is 5.63. The summed E-state index contributed by atoms with van der Waals surface area (Å²) in [6, 6.07) is 3.81. The number of nitrogens with one attached hydrogen (secondary N) is 2. The first-order valence-electron chi connectivity index (χ1n) is 7.03. The topological polar surface area (TPSA) is 67.0 Å². The van der Waals surface area contributed by atoms with Crippen molar-refractivity contribution in [2.24, 2.45) is 5.92 Å². The number of aryl methyl sites for hydroxylation is 1. The normalized spacial score (nSPS) is 14.7. The second-order valence-corrected chi connectivity index (χ2v) is 5.40. The molecule has 1 saturated carbocycles. The summed E-state index contributed by atoms with van der Waals surface area (Å²) in [4.78, 5) is 12.1. The van der Waals surface area contributed by atoms with Crippen molar-refractivity contribution in [1.82, 2.24) is 15.5 Å². The molecular formula is C15H19N3O2. The SMILES string of the molecule is Cc1cc2[nH]ncc2cc1C(=O)NCCOCC1CC1. The summed E-state index contributed by atoms with van der Waals surface area (Å²) in [5.74, 6) is 0.706. The summed E-state index contributed by atoms with van der Waals surface area (Å²) in [6.07, 6.45) is 4.30. The largest absolute Gasteiger partial charge is 0.379 e. The third kappa shape index (κ3) is 2.99. The highest BCUT2D eigenvalue weighted by atomic mass is 16.5. The molecule has 5 heteroatoms. The number of H-pyrrole nitrogens is 1. The molecule has 1 fully saturated rings. The molecule has 3 rings (SSSR count). The number of nitrogens with zero attached hydrogens (tertiary/aromatic N) is 1. The van der Waals surface area contributed by atoms with E-state index in [1.54, 1.807) is 6.20 Å². The molecule has 1 aliphatic carbocycles. The van der Waals surface area contributed by atoms with Gasteiger partial charge in [0.15, 0.2) is 0 Å². The van der Waals surface area contributed by atoms with Gasteiger partial charge in [0.05, 0.1) is 18.3 Å². The summed E-state index contributed by atoms with van der Waals surface area (Å²) < 4.78 is 5.50. The fourth-order valence-corrected chi connectivity index (χ4v) is 2.21. The van der Waals surface area contributed by atoms with Crippen LogP contribution in [0, 0.1) is 12.8 Å². The van der Waals surface area contributed by atoms with Crippen LogP contribution in [0.5, 0.6) is 0 Å². The molecule has 0 bridgehead atoms. The zero-order chi connectivity index (χ0) is 13.9. The van der Waals surface area contributed by atoms with E-state index in [1.807, 2.05) is 19.1 Å². The summed E-state index contributed by atoms with van der Waals surface area (Å²) in [5.41, 5.74) is 2.59. The van der Waals surface area contributed by atoms with Gasteiger partial charge in [-0.15, -0.1) is 0 Å². The van der Waals surface area contributed by atoms with Crippen molar-refractivity contribution < 1.29 is 9.53 Å². The Bertz CT molecular complexity index is 617. The standard InChI is InChI=1S/C15H19N3O2/c1-10-6-14-12(8-17-18-14)7-13(10)15(19)16-4-5-20-9-11-2-3-11/h6-8,11H,2-5,9H2,1H3,(H,16,19)(H,17,18). The lowest BCUT2D eigenvalue weighted by Crippen LogP contribution is -2.28. The predicted molar refractivity (Wildman–Crippen MR) is 76.7 cm³/mol. The summed E-state index contributed by atoms with van der Waals surface area (Å²) in [5, 5.41) is 10.7. The molecule has 0 atom stereocenters. The number of hydrogen-bond acceptors (Lipinski definition) is 3. The number of aromatic nitrogens is 2. The number of carbonyl (C=O) groups excluding carboxylic acids is 1. The van der Waals surface area contributed by atoms with Crippen LogP contribution in [0.15, 0.2) is 18.3 Å². The van der Waals surface area contributed by atoms with Gasteiger partial charge in [-0.1, -0.05) is 0 Å². The van der Waals surface area contributed by atoms with Crippen LogP contribution in [0.25, 0.3) is 10.9 Å². The molecule has 1 amide bonds. The molecule has 1 aliphatic rings. The highest BCUT2D eigenvalue weighted by molar-refractivity contribution is 5.99. The molecule has 0 saturated heterocycles. The number of rotatable bonds is 6. The van der Waals surface area contributed by atoms with Crippen LogP contribution in [0.4, 0.5) is 0 Å². The van der Waals surface area contributed by atoms with E-state index in [1.165, 1.54) is 12.8 Å². The smallest absolute Gasteiger partial charge is 0.251 e. The Labute approximate surface area is 117 Å². The first-order valence-corrected chi connectivity index (χ1v) is 7.03. The van der Waals surface area contributed by atoms with Gasteiger partial charge < -0.3 is 10.1 Å². The van der Waals surface area contributed by atoms with Gasteiger partial charge in [-0.3, -0.25) is 9.89 Å². The van der Waals surface area contributed by atoms with E-state index in [0.29, 0.717) is 18.7 Å². The maximum atomic E-state index is 12.1. The van der Waals surface area contributed by atoms with Crippen LogP contribution in [0.1, 0.15) is 28.8 Å². The average molecular weight is 273 g/mol. The summed E-state index contributed by atoms with van der Waals surface area (Å²) >= 11 is 0. The Morgan fingerprint density at radius 3 is 3.15 bits per heavy atom. The number of amides is 1. The highest BCUT2D eigenvalue weighted by Crippen LogP contribution is 2.28. The lowest BCUT2D eigenvalue weighted by atomic mass is 10.1. The first-order chi connectivity index (χ1) is 9.74. The summed E-state index contributed by atoms with van der Waals surface area (Å²) in [6.45, 7) is 3.89. The van der Waals surface area contributed by atoms with Crippen LogP contribution in [-0.4, -0.2) is 35.9 Å². The molecule has 2 aromatic rings. The van der Waals surface area contributed by atoms with Crippen molar-refractivity contribution in [1.29, 1.82) is 0 Å². The highest BCUT2D eigenvalue weighted by Gasteiger charge is 2.20. The van der Waals surface area contributed by atoms with Gasteiger partial charge in [0, 0.05) is 24.1 Å². The van der Waals surface area contributed by atoms with E-state index < -0.39 is 0 Å². The maximum absolute atomic E-state index is 12.1. The lowest BCUT2D eigenvalue weighted by molar-refractivity contribution is 0.0906. The van der Waals surface area contributed by atoms with Gasteiger partial charge in [0.1, 0.15) is 0 Å². The molecule has 1 aromatic carbocycles. The van der Waals surface area contributed by atoms with E-state index >= 15 is 0 Å². The fourth-order valence-electron chi connectivity index (χ4n) is 2.21. The molecule has 106 valence electrons. The third-order valence-corrected chi connectivity index (χ3v) is 3.61. The molecule has 0 unspecified atom stereocenters. The zero-order valence-electron chi connectivity index (χ0n) is 11.6. The maximum Gasteiger partial charge on any atom is 0.251 e. The van der Waals surface area contributed by atoms with E-state index in [9.17, 15) is 4.79 Å². The first kappa shape index (κ1) is 13.1. The molecule has 1 aromatic heterocycles. The molecule has 1 heterocycles. The average Bonchev–Trinajstić information content (AvgIpc) is 3.14. The van der Waals surface area contributed by atoms with Crippen molar-refractivity contribution in [3.63, 3.8) is 0 Å². The van der Waals surface area contributed by atoms with Crippen molar-refractivity contribution in [2.45, 2.75) is 19.8 Å². The van der Waals surface area contributed by atoms with Gasteiger partial charge in [0.2, 0.25) is 0 Å². The Morgan fingerprint density at radius 1 is 1.50 bits per heavy atom. The van der Waals surface area contributed by atoms with Crippen molar-refractivity contribution >= 4 is 16.8 Å². The molecule has 2 N–H and O–H groups in total. The minimum Gasteiger partial charge on any atom is -0.379 e. The fraction of sp³-hybridized carbons (Fsp3) is 0.467. The van der Waals surface area contributed by atoms with Crippen LogP contribution < -0.4 is 5.32 Å².